The highest BCUT2D eigenvalue weighted by Crippen LogP contribution is 2.33. The van der Waals surface area contributed by atoms with Gasteiger partial charge in [-0.2, -0.15) is 0 Å². The van der Waals surface area contributed by atoms with Gasteiger partial charge in [0.05, 0.1) is 18.9 Å². The number of fused-ring (bicyclic) bond motifs is 1. The van der Waals surface area contributed by atoms with Crippen molar-refractivity contribution in [3.63, 3.8) is 0 Å². The third kappa shape index (κ3) is 3.28. The number of anilines is 3. The Balaban J connectivity index is 1.42. The molecule has 0 aromatic heterocycles. The molecular formula is C20H20FN3O2. The molecular weight excluding hydrogens is 333 g/mol. The molecule has 0 atom stereocenters. The number of hydrogen-bond acceptors (Lipinski definition) is 4. The van der Waals surface area contributed by atoms with Crippen molar-refractivity contribution in [1.82, 2.24) is 0 Å². The molecule has 0 radical (unpaired) electrons. The molecule has 134 valence electrons. The van der Waals surface area contributed by atoms with Gasteiger partial charge < -0.3 is 20.3 Å². The molecule has 2 aliphatic heterocycles. The molecule has 1 amide bonds. The average molecular weight is 353 g/mol. The first kappa shape index (κ1) is 16.6. The number of nitrogens with one attached hydrogen (secondary N) is 2. The molecule has 26 heavy (non-hydrogen) atoms. The summed E-state index contributed by atoms with van der Waals surface area (Å²) in [5.41, 5.74) is 3.36. The van der Waals surface area contributed by atoms with Crippen LogP contribution < -0.4 is 15.5 Å². The Bertz CT molecular complexity index is 843. The predicted molar refractivity (Wildman–Crippen MR) is 101 cm³/mol. The molecule has 0 bridgehead atoms. The molecule has 2 aliphatic rings. The fourth-order valence-electron chi connectivity index (χ4n) is 3.28. The highest BCUT2D eigenvalue weighted by Gasteiger charge is 2.26. The zero-order chi connectivity index (χ0) is 17.9. The number of hydrogen-bond donors (Lipinski definition) is 2. The van der Waals surface area contributed by atoms with Gasteiger partial charge >= 0.3 is 0 Å². The van der Waals surface area contributed by atoms with Crippen LogP contribution in [0.15, 0.2) is 48.5 Å². The molecule has 2 heterocycles. The van der Waals surface area contributed by atoms with Gasteiger partial charge in [-0.3, -0.25) is 4.79 Å². The van der Waals surface area contributed by atoms with Crippen molar-refractivity contribution < 1.29 is 13.9 Å². The lowest BCUT2D eigenvalue weighted by molar-refractivity contribution is -0.110. The Labute approximate surface area is 151 Å². The van der Waals surface area contributed by atoms with Crippen LogP contribution >= 0.6 is 0 Å². The normalized spacial score (nSPS) is 18.0. The first-order valence-electron chi connectivity index (χ1n) is 8.69. The molecule has 0 spiro atoms. The zero-order valence-corrected chi connectivity index (χ0v) is 14.3. The summed E-state index contributed by atoms with van der Waals surface area (Å²) in [5.74, 6) is -0.656. The molecule has 0 saturated carbocycles. The van der Waals surface area contributed by atoms with E-state index in [-0.39, 0.29) is 11.7 Å². The Morgan fingerprint density at radius 3 is 2.69 bits per heavy atom. The number of halogens is 1. The van der Waals surface area contributed by atoms with E-state index in [0.717, 1.165) is 32.0 Å². The van der Waals surface area contributed by atoms with Crippen molar-refractivity contribution in [2.45, 2.75) is 0 Å². The van der Waals surface area contributed by atoms with Gasteiger partial charge in [0.2, 0.25) is 0 Å². The molecule has 6 heteroatoms. The van der Waals surface area contributed by atoms with Crippen molar-refractivity contribution in [3.8, 4) is 0 Å². The van der Waals surface area contributed by atoms with Crippen LogP contribution in [0.3, 0.4) is 0 Å². The van der Waals surface area contributed by atoms with E-state index in [9.17, 15) is 9.18 Å². The fourth-order valence-corrected chi connectivity index (χ4v) is 3.28. The lowest BCUT2D eigenvalue weighted by Gasteiger charge is -2.28. The molecule has 0 unspecified atom stereocenters. The number of benzene rings is 2. The van der Waals surface area contributed by atoms with Gasteiger partial charge in [0.1, 0.15) is 5.82 Å². The second-order valence-electron chi connectivity index (χ2n) is 6.26. The Hall–Kier alpha value is -2.86. The largest absolute Gasteiger partial charge is 0.382 e. The van der Waals surface area contributed by atoms with Crippen LogP contribution in [0.2, 0.25) is 0 Å². The monoisotopic (exact) mass is 353 g/mol. The third-order valence-corrected chi connectivity index (χ3v) is 4.63. The third-order valence-electron chi connectivity index (χ3n) is 4.63. The summed E-state index contributed by atoms with van der Waals surface area (Å²) in [4.78, 5) is 14.3. The van der Waals surface area contributed by atoms with Crippen molar-refractivity contribution in [2.75, 3.05) is 48.4 Å². The van der Waals surface area contributed by atoms with E-state index in [2.05, 4.69) is 27.7 Å². The van der Waals surface area contributed by atoms with Crippen LogP contribution in [0.1, 0.15) is 5.56 Å². The minimum absolute atomic E-state index is 0.269. The lowest BCUT2D eigenvalue weighted by Crippen LogP contribution is -2.36. The highest BCUT2D eigenvalue weighted by atomic mass is 19.1. The van der Waals surface area contributed by atoms with Crippen molar-refractivity contribution >= 4 is 28.5 Å². The average Bonchev–Trinajstić information content (AvgIpc) is 3.00. The minimum atomic E-state index is -0.387. The summed E-state index contributed by atoms with van der Waals surface area (Å²) in [7, 11) is 0. The van der Waals surface area contributed by atoms with E-state index < -0.39 is 0 Å². The predicted octanol–water partition coefficient (Wildman–Crippen LogP) is 3.11. The molecule has 2 N–H and O–H groups in total. The summed E-state index contributed by atoms with van der Waals surface area (Å²) in [6.45, 7) is 3.76. The second kappa shape index (κ2) is 7.17. The Morgan fingerprint density at radius 2 is 1.92 bits per heavy atom. The van der Waals surface area contributed by atoms with Gasteiger partial charge in [0.15, 0.2) is 0 Å². The van der Waals surface area contributed by atoms with Gasteiger partial charge in [-0.05, 0) is 36.4 Å². The van der Waals surface area contributed by atoms with Crippen LogP contribution in [0.25, 0.3) is 5.57 Å². The molecule has 2 aromatic rings. The lowest BCUT2D eigenvalue weighted by atomic mass is 10.1. The Kier molecular flexibility index (Phi) is 4.58. The van der Waals surface area contributed by atoms with Crippen LogP contribution in [0, 0.1) is 5.82 Å². The van der Waals surface area contributed by atoms with Crippen LogP contribution in [0.5, 0.6) is 0 Å². The van der Waals surface area contributed by atoms with Gasteiger partial charge in [-0.15, -0.1) is 0 Å². The quantitative estimate of drug-likeness (QED) is 0.830. The van der Waals surface area contributed by atoms with E-state index in [4.69, 9.17) is 4.74 Å². The van der Waals surface area contributed by atoms with Crippen LogP contribution in [-0.2, 0) is 9.53 Å². The van der Waals surface area contributed by atoms with Crippen molar-refractivity contribution in [3.05, 3.63) is 59.9 Å². The fraction of sp³-hybridized carbons (Fsp3) is 0.250. The molecule has 5 nitrogen and oxygen atoms in total. The second-order valence-corrected chi connectivity index (χ2v) is 6.26. The molecule has 1 fully saturated rings. The number of nitrogens with zero attached hydrogens (tertiary/aromatic N) is 1. The summed E-state index contributed by atoms with van der Waals surface area (Å²) in [6, 6.07) is 12.8. The number of morpholine rings is 1. The molecule has 1 saturated heterocycles. The Morgan fingerprint density at radius 1 is 1.15 bits per heavy atom. The smallest absolute Gasteiger partial charge is 0.256 e. The summed E-state index contributed by atoms with van der Waals surface area (Å²) in [6.07, 6.45) is 1.72. The highest BCUT2D eigenvalue weighted by molar-refractivity contribution is 6.31. The van der Waals surface area contributed by atoms with E-state index in [1.807, 2.05) is 12.1 Å². The maximum atomic E-state index is 14.0. The van der Waals surface area contributed by atoms with Crippen molar-refractivity contribution in [1.29, 1.82) is 0 Å². The minimum Gasteiger partial charge on any atom is -0.382 e. The van der Waals surface area contributed by atoms with Gasteiger partial charge in [0.25, 0.3) is 5.91 Å². The number of amides is 1. The number of ether oxygens (including phenoxy) is 1. The van der Waals surface area contributed by atoms with Gasteiger partial charge in [-0.1, -0.05) is 12.1 Å². The van der Waals surface area contributed by atoms with E-state index in [1.165, 1.54) is 11.8 Å². The van der Waals surface area contributed by atoms with Crippen LogP contribution in [0.4, 0.5) is 21.5 Å². The summed E-state index contributed by atoms with van der Waals surface area (Å²) >= 11 is 0. The standard InChI is InChI=1S/C20H20FN3O2/c21-17-2-1-3-18-19(17)16(20(25)23-18)8-9-22-14-4-6-15(7-5-14)24-10-12-26-13-11-24/h1-8,22H,9-13H2,(H,23,25)/b16-8-. The topological polar surface area (TPSA) is 53.6 Å². The first-order chi connectivity index (χ1) is 12.7. The van der Waals surface area contributed by atoms with Gasteiger partial charge in [0, 0.05) is 42.1 Å². The van der Waals surface area contributed by atoms with E-state index in [1.54, 1.807) is 18.2 Å². The molecule has 2 aromatic carbocycles. The number of carbonyl (C=O) groups excluding carboxylic acids is 1. The SMILES string of the molecule is O=C1Nc2cccc(F)c2/C1=C/CNc1ccc(N2CCOCC2)cc1. The zero-order valence-electron chi connectivity index (χ0n) is 14.3. The van der Waals surface area contributed by atoms with E-state index in [0.29, 0.717) is 23.4 Å². The van der Waals surface area contributed by atoms with Gasteiger partial charge in [-0.25, -0.2) is 4.39 Å². The van der Waals surface area contributed by atoms with E-state index >= 15 is 0 Å². The first-order valence-corrected chi connectivity index (χ1v) is 8.69. The maximum Gasteiger partial charge on any atom is 0.256 e. The number of carbonyl (C=O) groups is 1. The number of rotatable bonds is 4. The maximum absolute atomic E-state index is 14.0. The van der Waals surface area contributed by atoms with Crippen LogP contribution in [-0.4, -0.2) is 38.8 Å². The summed E-state index contributed by atoms with van der Waals surface area (Å²) in [5, 5.41) is 5.94. The van der Waals surface area contributed by atoms with Crippen molar-refractivity contribution in [2.24, 2.45) is 0 Å². The molecule has 4 rings (SSSR count). The summed E-state index contributed by atoms with van der Waals surface area (Å²) < 4.78 is 19.4. The molecule has 0 aliphatic carbocycles.